The number of aliphatic carboxylic acids is 1. The number of carboxylic acids is 1. The molecule has 0 radical (unpaired) electrons. The number of thiazole rings is 1. The largest absolute Gasteiger partial charge is 0.480 e. The lowest BCUT2D eigenvalue weighted by Crippen LogP contribution is -2.56. The van der Waals surface area contributed by atoms with Gasteiger partial charge in [0.25, 0.3) is 0 Å². The van der Waals surface area contributed by atoms with Crippen LogP contribution in [0.2, 0.25) is 0 Å². The molecule has 6 nitrogen and oxygen atoms in total. The first-order valence-corrected chi connectivity index (χ1v) is 6.93. The minimum absolute atomic E-state index is 0.312. The summed E-state index contributed by atoms with van der Waals surface area (Å²) in [4.78, 5) is 20.1. The number of fused-ring (bicyclic) bond motifs is 3. The van der Waals surface area contributed by atoms with Gasteiger partial charge in [0.1, 0.15) is 11.0 Å². The summed E-state index contributed by atoms with van der Waals surface area (Å²) in [5.74, 6) is -1.03. The van der Waals surface area contributed by atoms with E-state index in [9.17, 15) is 4.79 Å². The molecule has 3 saturated heterocycles. The highest BCUT2D eigenvalue weighted by molar-refractivity contribution is 7.09. The van der Waals surface area contributed by atoms with E-state index in [1.165, 1.54) is 11.3 Å². The number of piperazine rings is 3. The second-order valence-corrected chi connectivity index (χ2v) is 5.67. The van der Waals surface area contributed by atoms with E-state index in [1.54, 1.807) is 5.38 Å². The van der Waals surface area contributed by atoms with Crippen molar-refractivity contribution in [2.45, 2.75) is 12.1 Å². The molecular formula is C11H16N4O2S. The first-order valence-electron chi connectivity index (χ1n) is 6.05. The number of hydrogen-bond acceptors (Lipinski definition) is 6. The Morgan fingerprint density at radius 2 is 2.22 bits per heavy atom. The highest BCUT2D eigenvalue weighted by Gasteiger charge is 2.34. The molecular weight excluding hydrogens is 252 g/mol. The molecule has 2 atom stereocenters. The van der Waals surface area contributed by atoms with Crippen LogP contribution in [0.15, 0.2) is 5.38 Å². The predicted molar refractivity (Wildman–Crippen MR) is 67.4 cm³/mol. The summed E-state index contributed by atoms with van der Waals surface area (Å²) in [6.45, 7) is 5.40. The van der Waals surface area contributed by atoms with Crippen molar-refractivity contribution in [1.29, 1.82) is 0 Å². The van der Waals surface area contributed by atoms with Gasteiger partial charge in [0.05, 0.1) is 11.7 Å². The molecule has 98 valence electrons. The van der Waals surface area contributed by atoms with E-state index in [0.717, 1.165) is 37.7 Å². The molecule has 7 heteroatoms. The van der Waals surface area contributed by atoms with E-state index >= 15 is 0 Å². The number of hydrogen-bond donors (Lipinski definition) is 2. The van der Waals surface area contributed by atoms with Gasteiger partial charge in [-0.1, -0.05) is 0 Å². The van der Waals surface area contributed by atoms with Crippen LogP contribution in [-0.4, -0.2) is 58.6 Å². The number of carboxylic acid groups (broad SMARTS) is 1. The summed E-state index contributed by atoms with van der Waals surface area (Å²) in [7, 11) is 0. The number of carbonyl (C=O) groups is 1. The van der Waals surface area contributed by atoms with E-state index in [-0.39, 0.29) is 0 Å². The van der Waals surface area contributed by atoms with Crippen molar-refractivity contribution in [3.8, 4) is 0 Å². The monoisotopic (exact) mass is 268 g/mol. The van der Waals surface area contributed by atoms with Crippen LogP contribution in [-0.2, 0) is 4.79 Å². The summed E-state index contributed by atoms with van der Waals surface area (Å²) in [6.07, 6.45) is 0. The fourth-order valence-corrected chi connectivity index (χ4v) is 3.55. The molecule has 3 aliphatic heterocycles. The van der Waals surface area contributed by atoms with Crippen LogP contribution in [0.25, 0.3) is 0 Å². The highest BCUT2D eigenvalue weighted by atomic mass is 32.1. The molecule has 3 aliphatic rings. The summed E-state index contributed by atoms with van der Waals surface area (Å²) in [6, 6.07) is -0.696. The van der Waals surface area contributed by atoms with Crippen LogP contribution in [0, 0.1) is 0 Å². The Bertz CT molecular complexity index is 456. The molecule has 0 aliphatic carbocycles. The maximum atomic E-state index is 10.8. The molecule has 0 amide bonds. The maximum Gasteiger partial charge on any atom is 0.326 e. The van der Waals surface area contributed by atoms with Crippen LogP contribution in [0.3, 0.4) is 0 Å². The lowest BCUT2D eigenvalue weighted by molar-refractivity contribution is -0.138. The smallest absolute Gasteiger partial charge is 0.326 e. The first-order chi connectivity index (χ1) is 8.65. The third-order valence-electron chi connectivity index (χ3n) is 3.69. The van der Waals surface area contributed by atoms with E-state index in [4.69, 9.17) is 10.8 Å². The molecule has 4 heterocycles. The third kappa shape index (κ3) is 2.03. The zero-order valence-electron chi connectivity index (χ0n) is 9.95. The second kappa shape index (κ2) is 4.58. The zero-order valence-corrected chi connectivity index (χ0v) is 10.8. The van der Waals surface area contributed by atoms with Gasteiger partial charge in [-0.05, 0) is 0 Å². The Hall–Kier alpha value is -1.02. The maximum absolute atomic E-state index is 10.8. The predicted octanol–water partition coefficient (Wildman–Crippen LogP) is -0.100. The summed E-state index contributed by atoms with van der Waals surface area (Å²) in [5.41, 5.74) is 6.05. The fraction of sp³-hybridized carbons (Fsp3) is 0.636. The van der Waals surface area contributed by atoms with E-state index in [1.807, 2.05) is 0 Å². The van der Waals surface area contributed by atoms with Crippen molar-refractivity contribution in [2.75, 3.05) is 32.7 Å². The van der Waals surface area contributed by atoms with Gasteiger partial charge in [-0.3, -0.25) is 14.6 Å². The fourth-order valence-electron chi connectivity index (χ4n) is 2.58. The summed E-state index contributed by atoms with van der Waals surface area (Å²) < 4.78 is 0. The molecule has 0 saturated carbocycles. The molecule has 0 aromatic carbocycles. The minimum atomic E-state index is -1.03. The number of nitrogens with zero attached hydrogens (tertiary/aromatic N) is 3. The first kappa shape index (κ1) is 12.0. The summed E-state index contributed by atoms with van der Waals surface area (Å²) in [5, 5.41) is 11.6. The molecule has 2 bridgehead atoms. The van der Waals surface area contributed by atoms with Gasteiger partial charge in [0.2, 0.25) is 0 Å². The van der Waals surface area contributed by atoms with E-state index in [0.29, 0.717) is 11.7 Å². The Labute approximate surface area is 109 Å². The highest BCUT2D eigenvalue weighted by Crippen LogP contribution is 2.31. The normalized spacial score (nSPS) is 32.4. The van der Waals surface area contributed by atoms with Gasteiger partial charge < -0.3 is 10.8 Å². The Kier molecular flexibility index (Phi) is 3.06. The standard InChI is InChI=1S/C11H16N4O2S/c12-9(11(16)17)7-6-18-10(13-7)8-5-14-1-3-15(8)4-2-14/h6,8-9H,1-5,12H2,(H,16,17). The van der Waals surface area contributed by atoms with Crippen molar-refractivity contribution < 1.29 is 9.90 Å². The molecule has 0 spiro atoms. The quantitative estimate of drug-likeness (QED) is 0.796. The average molecular weight is 268 g/mol. The number of nitrogens with two attached hydrogens (primary N) is 1. The van der Waals surface area contributed by atoms with Crippen molar-refractivity contribution in [3.63, 3.8) is 0 Å². The van der Waals surface area contributed by atoms with Crippen molar-refractivity contribution >= 4 is 17.3 Å². The van der Waals surface area contributed by atoms with Crippen LogP contribution >= 0.6 is 11.3 Å². The van der Waals surface area contributed by atoms with Crippen molar-refractivity contribution in [2.24, 2.45) is 5.73 Å². The van der Waals surface area contributed by atoms with Crippen LogP contribution in [0.4, 0.5) is 0 Å². The van der Waals surface area contributed by atoms with Crippen LogP contribution in [0.5, 0.6) is 0 Å². The van der Waals surface area contributed by atoms with E-state index < -0.39 is 12.0 Å². The second-order valence-electron chi connectivity index (χ2n) is 4.78. The van der Waals surface area contributed by atoms with Gasteiger partial charge in [-0.25, -0.2) is 4.98 Å². The third-order valence-corrected chi connectivity index (χ3v) is 4.65. The van der Waals surface area contributed by atoms with Gasteiger partial charge in [-0.15, -0.1) is 11.3 Å². The number of aromatic nitrogens is 1. The Balaban J connectivity index is 1.79. The lowest BCUT2D eigenvalue weighted by atomic mass is 10.1. The van der Waals surface area contributed by atoms with Crippen LogP contribution < -0.4 is 5.73 Å². The van der Waals surface area contributed by atoms with Crippen LogP contribution in [0.1, 0.15) is 22.8 Å². The molecule has 1 aromatic heterocycles. The minimum Gasteiger partial charge on any atom is -0.480 e. The molecule has 4 rings (SSSR count). The molecule has 3 N–H and O–H groups in total. The Morgan fingerprint density at radius 1 is 1.50 bits per heavy atom. The SMILES string of the molecule is NC(C(=O)O)c1csc(C2CN3CCN2CC3)n1. The zero-order chi connectivity index (χ0) is 12.7. The molecule has 18 heavy (non-hydrogen) atoms. The molecule has 3 fully saturated rings. The van der Waals surface area contributed by atoms with Gasteiger partial charge in [-0.2, -0.15) is 0 Å². The van der Waals surface area contributed by atoms with Gasteiger partial charge in [0, 0.05) is 38.1 Å². The van der Waals surface area contributed by atoms with Gasteiger partial charge >= 0.3 is 5.97 Å². The lowest BCUT2D eigenvalue weighted by Gasteiger charge is -2.46. The van der Waals surface area contributed by atoms with Crippen molar-refractivity contribution in [1.82, 2.24) is 14.8 Å². The average Bonchev–Trinajstić information content (AvgIpc) is 2.88. The van der Waals surface area contributed by atoms with Crippen molar-refractivity contribution in [3.05, 3.63) is 16.1 Å². The molecule has 2 unspecified atom stereocenters. The molecule has 1 aromatic rings. The summed E-state index contributed by atoms with van der Waals surface area (Å²) >= 11 is 1.52. The van der Waals surface area contributed by atoms with Gasteiger partial charge in [0.15, 0.2) is 0 Å². The number of rotatable bonds is 3. The topological polar surface area (TPSA) is 82.7 Å². The van der Waals surface area contributed by atoms with E-state index in [2.05, 4.69) is 14.8 Å². The Morgan fingerprint density at radius 3 is 2.78 bits per heavy atom.